The van der Waals surface area contributed by atoms with Crippen LogP contribution in [0, 0.1) is 5.41 Å². The lowest BCUT2D eigenvalue weighted by Gasteiger charge is -2.17. The number of Topliss-reactive ketones (excluding diaryl/α,β-unsaturated/α-hetero) is 1. The number of nitrogens with zero attached hydrogens (tertiary/aromatic N) is 1. The SMILES string of the molecule is CC(C)(C)C(=O)CCCCCN1C(=O)CC(I)C1=O. The summed E-state index contributed by atoms with van der Waals surface area (Å²) < 4.78 is -0.187. The summed E-state index contributed by atoms with van der Waals surface area (Å²) in [6, 6.07) is 0. The normalized spacial score (nSPS) is 20.2. The third-order valence-corrected chi connectivity index (χ3v) is 4.28. The number of carbonyl (C=O) groups is 3. The fourth-order valence-corrected chi connectivity index (χ4v) is 2.70. The zero-order valence-corrected chi connectivity index (χ0v) is 14.0. The van der Waals surface area contributed by atoms with Crippen LogP contribution in [-0.4, -0.2) is 33.0 Å². The van der Waals surface area contributed by atoms with E-state index < -0.39 is 0 Å². The van der Waals surface area contributed by atoms with E-state index in [2.05, 4.69) is 0 Å². The molecule has 1 fully saturated rings. The van der Waals surface area contributed by atoms with Crippen LogP contribution in [0.1, 0.15) is 52.9 Å². The van der Waals surface area contributed by atoms with Crippen LogP contribution < -0.4 is 0 Å². The zero-order chi connectivity index (χ0) is 14.6. The fraction of sp³-hybridized carbons (Fsp3) is 0.786. The van der Waals surface area contributed by atoms with E-state index in [1.807, 2.05) is 43.4 Å². The Kier molecular flexibility index (Phi) is 5.95. The Morgan fingerprint density at radius 3 is 2.37 bits per heavy atom. The predicted molar refractivity (Wildman–Crippen MR) is 82.1 cm³/mol. The number of hydrogen-bond acceptors (Lipinski definition) is 3. The van der Waals surface area contributed by atoms with Crippen molar-refractivity contribution in [2.24, 2.45) is 5.41 Å². The molecule has 19 heavy (non-hydrogen) atoms. The molecule has 1 aliphatic rings. The molecule has 1 rings (SSSR count). The van der Waals surface area contributed by atoms with E-state index in [9.17, 15) is 14.4 Å². The molecule has 4 nitrogen and oxygen atoms in total. The second-order valence-electron chi connectivity index (χ2n) is 6.04. The van der Waals surface area contributed by atoms with Crippen molar-refractivity contribution >= 4 is 40.2 Å². The van der Waals surface area contributed by atoms with E-state index in [0.29, 0.717) is 19.4 Å². The van der Waals surface area contributed by atoms with Crippen LogP contribution >= 0.6 is 22.6 Å². The summed E-state index contributed by atoms with van der Waals surface area (Å²) in [6.07, 6.45) is 3.42. The number of rotatable bonds is 6. The molecule has 1 unspecified atom stereocenters. The van der Waals surface area contributed by atoms with Gasteiger partial charge in [-0.1, -0.05) is 49.8 Å². The first kappa shape index (κ1) is 16.6. The molecule has 0 aromatic heterocycles. The molecule has 0 bridgehead atoms. The molecule has 0 N–H and O–H groups in total. The van der Waals surface area contributed by atoms with E-state index in [0.717, 1.165) is 19.3 Å². The lowest BCUT2D eigenvalue weighted by atomic mass is 9.88. The summed E-state index contributed by atoms with van der Waals surface area (Å²) in [5.41, 5.74) is -0.269. The lowest BCUT2D eigenvalue weighted by molar-refractivity contribution is -0.138. The van der Waals surface area contributed by atoms with Crippen LogP contribution in [0.25, 0.3) is 0 Å². The van der Waals surface area contributed by atoms with Crippen LogP contribution in [0.5, 0.6) is 0 Å². The smallest absolute Gasteiger partial charge is 0.242 e. The van der Waals surface area contributed by atoms with Crippen molar-refractivity contribution in [1.82, 2.24) is 4.90 Å². The molecule has 5 heteroatoms. The summed E-state index contributed by atoms with van der Waals surface area (Å²) in [4.78, 5) is 36.3. The van der Waals surface area contributed by atoms with Crippen LogP contribution in [0.3, 0.4) is 0 Å². The van der Waals surface area contributed by atoms with Gasteiger partial charge in [0.05, 0.1) is 3.92 Å². The minimum absolute atomic E-state index is 0.0589. The Morgan fingerprint density at radius 2 is 1.89 bits per heavy atom. The van der Waals surface area contributed by atoms with E-state index in [1.165, 1.54) is 4.90 Å². The molecule has 1 saturated heterocycles. The number of alkyl halides is 1. The lowest BCUT2D eigenvalue weighted by Crippen LogP contribution is -2.31. The number of carbonyl (C=O) groups excluding carboxylic acids is 3. The van der Waals surface area contributed by atoms with Crippen molar-refractivity contribution in [3.05, 3.63) is 0 Å². The molecular weight excluding hydrogens is 357 g/mol. The third kappa shape index (κ3) is 4.85. The van der Waals surface area contributed by atoms with Crippen LogP contribution in [-0.2, 0) is 14.4 Å². The van der Waals surface area contributed by atoms with E-state index in [-0.39, 0.29) is 26.9 Å². The van der Waals surface area contributed by atoms with Gasteiger partial charge in [-0.15, -0.1) is 0 Å². The average Bonchev–Trinajstić information content (AvgIpc) is 2.53. The Hall–Kier alpha value is -0.460. The van der Waals surface area contributed by atoms with Crippen LogP contribution in [0.4, 0.5) is 0 Å². The number of halogens is 1. The molecular formula is C14H22INO3. The molecule has 2 amide bonds. The number of imide groups is 1. The first-order valence-electron chi connectivity index (χ1n) is 6.75. The highest BCUT2D eigenvalue weighted by Crippen LogP contribution is 2.21. The monoisotopic (exact) mass is 379 g/mol. The summed E-state index contributed by atoms with van der Waals surface area (Å²) in [5, 5.41) is 0. The van der Waals surface area contributed by atoms with Crippen molar-refractivity contribution in [1.29, 1.82) is 0 Å². The Labute approximate surface area is 128 Å². The first-order valence-corrected chi connectivity index (χ1v) is 7.99. The third-order valence-electron chi connectivity index (χ3n) is 3.31. The van der Waals surface area contributed by atoms with Gasteiger partial charge in [-0.2, -0.15) is 0 Å². The molecule has 1 heterocycles. The van der Waals surface area contributed by atoms with Gasteiger partial charge in [0, 0.05) is 24.8 Å². The fourth-order valence-electron chi connectivity index (χ4n) is 1.98. The Balaban J connectivity index is 2.20. The second kappa shape index (κ2) is 6.81. The molecule has 0 saturated carbocycles. The number of hydrogen-bond donors (Lipinski definition) is 0. The molecule has 0 spiro atoms. The summed E-state index contributed by atoms with van der Waals surface area (Å²) >= 11 is 2.02. The summed E-state index contributed by atoms with van der Waals surface area (Å²) in [6.45, 7) is 6.28. The maximum atomic E-state index is 11.7. The van der Waals surface area contributed by atoms with Crippen molar-refractivity contribution in [2.45, 2.75) is 56.8 Å². The quantitative estimate of drug-likeness (QED) is 0.309. The first-order chi connectivity index (χ1) is 8.73. The minimum Gasteiger partial charge on any atom is -0.299 e. The van der Waals surface area contributed by atoms with Gasteiger partial charge in [-0.3, -0.25) is 19.3 Å². The minimum atomic E-state index is -0.269. The number of amides is 2. The van der Waals surface area contributed by atoms with E-state index >= 15 is 0 Å². The second-order valence-corrected chi connectivity index (χ2v) is 7.54. The van der Waals surface area contributed by atoms with Gasteiger partial charge in [-0.05, 0) is 12.8 Å². The van der Waals surface area contributed by atoms with Crippen molar-refractivity contribution < 1.29 is 14.4 Å². The average molecular weight is 379 g/mol. The van der Waals surface area contributed by atoms with Gasteiger partial charge in [0.25, 0.3) is 0 Å². The number of likely N-dealkylation sites (tertiary alicyclic amines) is 1. The standard InChI is InChI=1S/C14H22INO3/c1-14(2,3)11(17)7-5-4-6-8-16-12(18)9-10(15)13(16)19/h10H,4-9H2,1-3H3. The molecule has 0 aromatic carbocycles. The Bertz CT molecular complexity index is 373. The number of ketones is 1. The summed E-state index contributed by atoms with van der Waals surface area (Å²) in [7, 11) is 0. The maximum absolute atomic E-state index is 11.7. The van der Waals surface area contributed by atoms with Crippen molar-refractivity contribution in [2.75, 3.05) is 6.54 Å². The highest BCUT2D eigenvalue weighted by atomic mass is 127. The predicted octanol–water partition coefficient (Wildman–Crippen LogP) is 2.72. The largest absolute Gasteiger partial charge is 0.299 e. The van der Waals surface area contributed by atoms with E-state index in [4.69, 9.17) is 0 Å². The van der Waals surface area contributed by atoms with Gasteiger partial charge in [0.1, 0.15) is 5.78 Å². The van der Waals surface area contributed by atoms with Gasteiger partial charge in [-0.25, -0.2) is 0 Å². The molecule has 0 radical (unpaired) electrons. The number of unbranched alkanes of at least 4 members (excludes halogenated alkanes) is 2. The van der Waals surface area contributed by atoms with Gasteiger partial charge >= 0.3 is 0 Å². The molecule has 0 aliphatic carbocycles. The van der Waals surface area contributed by atoms with Gasteiger partial charge in [0.2, 0.25) is 11.8 Å². The van der Waals surface area contributed by atoms with Crippen LogP contribution in [0.15, 0.2) is 0 Å². The zero-order valence-electron chi connectivity index (χ0n) is 11.9. The highest BCUT2D eigenvalue weighted by molar-refractivity contribution is 14.1. The topological polar surface area (TPSA) is 54.5 Å². The van der Waals surface area contributed by atoms with Crippen LogP contribution in [0.2, 0.25) is 0 Å². The van der Waals surface area contributed by atoms with Crippen molar-refractivity contribution in [3.8, 4) is 0 Å². The molecule has 1 atom stereocenters. The summed E-state index contributed by atoms with van der Waals surface area (Å²) in [5.74, 6) is 0.152. The molecule has 108 valence electrons. The Morgan fingerprint density at radius 1 is 1.26 bits per heavy atom. The molecule has 1 aliphatic heterocycles. The molecule has 0 aromatic rings. The van der Waals surface area contributed by atoms with Gasteiger partial charge < -0.3 is 0 Å². The van der Waals surface area contributed by atoms with Crippen molar-refractivity contribution in [3.63, 3.8) is 0 Å². The van der Waals surface area contributed by atoms with E-state index in [1.54, 1.807) is 0 Å². The highest BCUT2D eigenvalue weighted by Gasteiger charge is 2.36. The van der Waals surface area contributed by atoms with Gasteiger partial charge in [0.15, 0.2) is 0 Å². The maximum Gasteiger partial charge on any atom is 0.242 e.